The standard InChI is InChI=1S/C29H28N2O5/c1-18-7-9-21(10-8-18)28(33)31-22-6-4-5-20(15-22)17-30-27(32)14-13-25-19(2)24-12-11-23(35-3)16-26(24)36-29(25)34/h4-12,15-16H,13-14,17H2,1-3H3,(H,30,32)(H,31,33). The summed E-state index contributed by atoms with van der Waals surface area (Å²) < 4.78 is 10.6. The van der Waals surface area contributed by atoms with Gasteiger partial charge in [0.25, 0.3) is 5.91 Å². The fraction of sp³-hybridized carbons (Fsp3) is 0.207. The van der Waals surface area contributed by atoms with Crippen LogP contribution in [0.15, 0.2) is 75.9 Å². The van der Waals surface area contributed by atoms with Crippen molar-refractivity contribution in [2.24, 2.45) is 0 Å². The van der Waals surface area contributed by atoms with E-state index in [1.165, 1.54) is 0 Å². The third-order valence-corrected chi connectivity index (χ3v) is 6.08. The van der Waals surface area contributed by atoms with E-state index < -0.39 is 5.63 Å². The number of anilines is 1. The molecule has 4 aromatic rings. The van der Waals surface area contributed by atoms with Gasteiger partial charge in [-0.1, -0.05) is 29.8 Å². The molecule has 2 N–H and O–H groups in total. The average molecular weight is 485 g/mol. The minimum Gasteiger partial charge on any atom is -0.497 e. The highest BCUT2D eigenvalue weighted by Crippen LogP contribution is 2.24. The Morgan fingerprint density at radius 3 is 2.50 bits per heavy atom. The SMILES string of the molecule is COc1ccc2c(C)c(CCC(=O)NCc3cccc(NC(=O)c4ccc(C)cc4)c3)c(=O)oc2c1. The summed E-state index contributed by atoms with van der Waals surface area (Å²) in [7, 11) is 1.55. The molecule has 1 heterocycles. The number of hydrogen-bond acceptors (Lipinski definition) is 5. The van der Waals surface area contributed by atoms with Gasteiger partial charge in [-0.15, -0.1) is 0 Å². The summed E-state index contributed by atoms with van der Waals surface area (Å²) >= 11 is 0. The number of benzene rings is 3. The molecule has 0 saturated carbocycles. The lowest BCUT2D eigenvalue weighted by atomic mass is 10.0. The Bertz CT molecular complexity index is 1470. The molecule has 0 unspecified atom stereocenters. The third-order valence-electron chi connectivity index (χ3n) is 6.08. The summed E-state index contributed by atoms with van der Waals surface area (Å²) in [5.41, 5.74) is 4.46. The summed E-state index contributed by atoms with van der Waals surface area (Å²) in [6.07, 6.45) is 0.422. The molecule has 7 nitrogen and oxygen atoms in total. The van der Waals surface area contributed by atoms with Crippen molar-refractivity contribution < 1.29 is 18.7 Å². The van der Waals surface area contributed by atoms with Crippen LogP contribution in [0.25, 0.3) is 11.0 Å². The largest absolute Gasteiger partial charge is 0.497 e. The molecule has 0 saturated heterocycles. The highest BCUT2D eigenvalue weighted by atomic mass is 16.5. The summed E-state index contributed by atoms with van der Waals surface area (Å²) in [6, 6.07) is 20.0. The average Bonchev–Trinajstić information content (AvgIpc) is 2.87. The van der Waals surface area contributed by atoms with Gasteiger partial charge in [0.2, 0.25) is 5.91 Å². The summed E-state index contributed by atoms with van der Waals surface area (Å²) in [4.78, 5) is 37.5. The molecule has 7 heteroatoms. The maximum absolute atomic E-state index is 12.5. The van der Waals surface area contributed by atoms with Crippen LogP contribution in [-0.2, 0) is 17.8 Å². The van der Waals surface area contributed by atoms with Crippen LogP contribution >= 0.6 is 0 Å². The van der Waals surface area contributed by atoms with Gasteiger partial charge in [-0.2, -0.15) is 0 Å². The first-order valence-corrected chi connectivity index (χ1v) is 11.7. The van der Waals surface area contributed by atoms with Gasteiger partial charge in [-0.25, -0.2) is 4.79 Å². The summed E-state index contributed by atoms with van der Waals surface area (Å²) in [5, 5.41) is 6.58. The van der Waals surface area contributed by atoms with Crippen LogP contribution in [0.4, 0.5) is 5.69 Å². The number of carbonyl (C=O) groups is 2. The summed E-state index contributed by atoms with van der Waals surface area (Å²) in [5.74, 6) is 0.230. The zero-order chi connectivity index (χ0) is 25.7. The number of ether oxygens (including phenoxy) is 1. The molecule has 0 aliphatic rings. The normalized spacial score (nSPS) is 10.8. The number of rotatable bonds is 8. The Morgan fingerprint density at radius 2 is 1.75 bits per heavy atom. The second-order valence-electron chi connectivity index (χ2n) is 8.65. The number of hydrogen-bond donors (Lipinski definition) is 2. The van der Waals surface area contributed by atoms with E-state index in [4.69, 9.17) is 9.15 Å². The first-order chi connectivity index (χ1) is 17.3. The quantitative estimate of drug-likeness (QED) is 0.346. The maximum Gasteiger partial charge on any atom is 0.339 e. The van der Waals surface area contributed by atoms with Crippen molar-refractivity contribution in [3.63, 3.8) is 0 Å². The summed E-state index contributed by atoms with van der Waals surface area (Å²) in [6.45, 7) is 4.13. The second-order valence-corrected chi connectivity index (χ2v) is 8.65. The first kappa shape index (κ1) is 24.7. The van der Waals surface area contributed by atoms with Crippen molar-refractivity contribution in [1.82, 2.24) is 5.32 Å². The lowest BCUT2D eigenvalue weighted by molar-refractivity contribution is -0.121. The Labute approximate surface area is 209 Å². The van der Waals surface area contributed by atoms with Crippen LogP contribution in [0.2, 0.25) is 0 Å². The molecule has 4 rings (SSSR count). The van der Waals surface area contributed by atoms with E-state index in [1.54, 1.807) is 31.4 Å². The second kappa shape index (κ2) is 10.9. The van der Waals surface area contributed by atoms with Crippen LogP contribution in [0.3, 0.4) is 0 Å². The van der Waals surface area contributed by atoms with Crippen LogP contribution in [0.1, 0.15) is 39.0 Å². The van der Waals surface area contributed by atoms with Crippen molar-refractivity contribution in [2.45, 2.75) is 33.2 Å². The molecule has 0 radical (unpaired) electrons. The van der Waals surface area contributed by atoms with Crippen LogP contribution in [0.5, 0.6) is 5.75 Å². The van der Waals surface area contributed by atoms with E-state index in [1.807, 2.05) is 56.3 Å². The van der Waals surface area contributed by atoms with E-state index in [2.05, 4.69) is 10.6 Å². The fourth-order valence-electron chi connectivity index (χ4n) is 3.99. The number of carbonyl (C=O) groups excluding carboxylic acids is 2. The maximum atomic E-state index is 12.5. The zero-order valence-electron chi connectivity index (χ0n) is 20.5. The van der Waals surface area contributed by atoms with E-state index >= 15 is 0 Å². The van der Waals surface area contributed by atoms with Crippen molar-refractivity contribution in [3.05, 3.63) is 105 Å². The topological polar surface area (TPSA) is 97.6 Å². The smallest absolute Gasteiger partial charge is 0.339 e. The van der Waals surface area contributed by atoms with E-state index in [-0.39, 0.29) is 24.7 Å². The van der Waals surface area contributed by atoms with Gasteiger partial charge in [-0.3, -0.25) is 9.59 Å². The Balaban J connectivity index is 1.35. The molecule has 0 aliphatic heterocycles. The molecule has 36 heavy (non-hydrogen) atoms. The lowest BCUT2D eigenvalue weighted by Gasteiger charge is -2.10. The van der Waals surface area contributed by atoms with Crippen LogP contribution < -0.4 is 21.0 Å². The van der Waals surface area contributed by atoms with E-state index in [9.17, 15) is 14.4 Å². The highest BCUT2D eigenvalue weighted by molar-refractivity contribution is 6.04. The zero-order valence-corrected chi connectivity index (χ0v) is 20.5. The Hall–Kier alpha value is -4.39. The number of amides is 2. The predicted molar refractivity (Wildman–Crippen MR) is 140 cm³/mol. The van der Waals surface area contributed by atoms with Crippen molar-refractivity contribution in [1.29, 1.82) is 0 Å². The Morgan fingerprint density at radius 1 is 0.972 bits per heavy atom. The number of methoxy groups -OCH3 is 1. The molecule has 3 aromatic carbocycles. The lowest BCUT2D eigenvalue weighted by Crippen LogP contribution is -2.24. The van der Waals surface area contributed by atoms with Gasteiger partial charge >= 0.3 is 5.63 Å². The fourth-order valence-corrected chi connectivity index (χ4v) is 3.99. The van der Waals surface area contributed by atoms with Crippen molar-refractivity contribution >= 4 is 28.5 Å². The van der Waals surface area contributed by atoms with E-state index in [0.717, 1.165) is 22.1 Å². The van der Waals surface area contributed by atoms with Gasteiger partial charge in [0.1, 0.15) is 11.3 Å². The highest BCUT2D eigenvalue weighted by Gasteiger charge is 2.14. The number of aryl methyl sites for hydroxylation is 2. The van der Waals surface area contributed by atoms with Crippen LogP contribution in [-0.4, -0.2) is 18.9 Å². The Kier molecular flexibility index (Phi) is 7.49. The minimum absolute atomic E-state index is 0.150. The molecule has 0 atom stereocenters. The number of fused-ring (bicyclic) bond motifs is 1. The van der Waals surface area contributed by atoms with Gasteiger partial charge in [-0.05, 0) is 67.8 Å². The minimum atomic E-state index is -0.446. The van der Waals surface area contributed by atoms with Crippen LogP contribution in [0, 0.1) is 13.8 Å². The molecule has 0 fully saturated rings. The molecule has 0 bridgehead atoms. The van der Waals surface area contributed by atoms with Gasteiger partial charge < -0.3 is 19.8 Å². The van der Waals surface area contributed by atoms with Crippen molar-refractivity contribution in [2.75, 3.05) is 12.4 Å². The number of nitrogens with one attached hydrogen (secondary N) is 2. The predicted octanol–water partition coefficient (Wildman–Crippen LogP) is 4.92. The monoisotopic (exact) mass is 484 g/mol. The van der Waals surface area contributed by atoms with E-state index in [0.29, 0.717) is 34.7 Å². The molecular formula is C29H28N2O5. The van der Waals surface area contributed by atoms with Crippen molar-refractivity contribution in [3.8, 4) is 5.75 Å². The first-order valence-electron chi connectivity index (χ1n) is 11.7. The van der Waals surface area contributed by atoms with Gasteiger partial charge in [0.15, 0.2) is 0 Å². The molecule has 1 aromatic heterocycles. The molecular weight excluding hydrogens is 456 g/mol. The van der Waals surface area contributed by atoms with Gasteiger partial charge in [0, 0.05) is 41.2 Å². The van der Waals surface area contributed by atoms with Gasteiger partial charge in [0.05, 0.1) is 7.11 Å². The third kappa shape index (κ3) is 5.81. The molecule has 0 spiro atoms. The molecule has 2 amide bonds. The molecule has 184 valence electrons. The molecule has 0 aliphatic carbocycles.